The zero-order chi connectivity index (χ0) is 17.0. The van der Waals surface area contributed by atoms with Gasteiger partial charge in [0.05, 0.1) is 11.8 Å². The highest BCUT2D eigenvalue weighted by molar-refractivity contribution is 7.99. The van der Waals surface area contributed by atoms with Crippen LogP contribution in [0.25, 0.3) is 11.4 Å². The van der Waals surface area contributed by atoms with Gasteiger partial charge in [-0.1, -0.05) is 23.4 Å². The molecule has 1 aromatic heterocycles. The molecule has 2 rings (SSSR count). The van der Waals surface area contributed by atoms with Crippen molar-refractivity contribution in [2.24, 2.45) is 13.0 Å². The Morgan fingerprint density at radius 2 is 2.09 bits per heavy atom. The van der Waals surface area contributed by atoms with E-state index in [0.717, 1.165) is 5.56 Å². The van der Waals surface area contributed by atoms with Crippen LogP contribution in [0.4, 0.5) is 0 Å². The Kier molecular flexibility index (Phi) is 5.53. The molecule has 118 valence electrons. The number of nitrogens with zero attached hydrogens (tertiary/aromatic N) is 4. The van der Waals surface area contributed by atoms with Crippen molar-refractivity contribution in [2.45, 2.75) is 12.1 Å². The van der Waals surface area contributed by atoms with Gasteiger partial charge in [0.15, 0.2) is 16.8 Å². The van der Waals surface area contributed by atoms with E-state index in [1.165, 1.54) is 18.7 Å². The normalized spacial score (nSPS) is 11.7. The second kappa shape index (κ2) is 7.40. The van der Waals surface area contributed by atoms with Crippen LogP contribution in [0, 0.1) is 22.7 Å². The van der Waals surface area contributed by atoms with Gasteiger partial charge in [-0.3, -0.25) is 4.79 Å². The maximum Gasteiger partial charge on any atom is 0.191 e. The fourth-order valence-corrected chi connectivity index (χ4v) is 2.86. The van der Waals surface area contributed by atoms with Crippen LogP contribution in [0.2, 0.25) is 5.02 Å². The molecule has 0 saturated carbocycles. The van der Waals surface area contributed by atoms with Crippen molar-refractivity contribution in [3.63, 3.8) is 0 Å². The number of nitriles is 1. The van der Waals surface area contributed by atoms with Crippen molar-refractivity contribution >= 4 is 34.9 Å². The molecule has 2 aromatic rings. The summed E-state index contributed by atoms with van der Waals surface area (Å²) in [5.74, 6) is -0.565. The van der Waals surface area contributed by atoms with Crippen molar-refractivity contribution in [1.82, 2.24) is 14.8 Å². The third kappa shape index (κ3) is 3.97. The molecule has 0 bridgehead atoms. The van der Waals surface area contributed by atoms with Gasteiger partial charge in [0, 0.05) is 23.3 Å². The summed E-state index contributed by atoms with van der Waals surface area (Å²) in [5, 5.41) is 25.8. The first-order valence-corrected chi connectivity index (χ1v) is 8.06. The molecule has 1 unspecified atom stereocenters. The number of carbonyl (C=O) groups excluding carboxylic acids is 1. The fourth-order valence-electron chi connectivity index (χ4n) is 1.92. The molecular weight excluding hydrogens is 334 g/mol. The van der Waals surface area contributed by atoms with E-state index in [1.54, 1.807) is 23.7 Å². The van der Waals surface area contributed by atoms with E-state index in [0.29, 0.717) is 16.0 Å². The summed E-state index contributed by atoms with van der Waals surface area (Å²) in [5.41, 5.74) is 0.922. The average molecular weight is 348 g/mol. The second-order valence-electron chi connectivity index (χ2n) is 4.87. The second-order valence-corrected chi connectivity index (χ2v) is 6.25. The molecule has 23 heavy (non-hydrogen) atoms. The van der Waals surface area contributed by atoms with Crippen LogP contribution in [0.5, 0.6) is 0 Å². The minimum absolute atomic E-state index is 0.0536. The van der Waals surface area contributed by atoms with E-state index >= 15 is 0 Å². The smallest absolute Gasteiger partial charge is 0.191 e. The highest BCUT2D eigenvalue weighted by Gasteiger charge is 2.21. The van der Waals surface area contributed by atoms with Crippen molar-refractivity contribution in [3.8, 4) is 17.5 Å². The predicted octanol–water partition coefficient (Wildman–Crippen LogP) is 2.98. The summed E-state index contributed by atoms with van der Waals surface area (Å²) >= 11 is 7.07. The van der Waals surface area contributed by atoms with Gasteiger partial charge >= 0.3 is 0 Å². The van der Waals surface area contributed by atoms with Crippen LogP contribution in [0.3, 0.4) is 0 Å². The van der Waals surface area contributed by atoms with E-state index in [-0.39, 0.29) is 17.2 Å². The SMILES string of the molecule is CC(=N)C(C#N)C(=O)CSc1nnc(-c2ccc(Cl)cc2)n1C. The van der Waals surface area contributed by atoms with Crippen LogP contribution in [-0.4, -0.2) is 32.0 Å². The summed E-state index contributed by atoms with van der Waals surface area (Å²) in [6.07, 6.45) is 0. The lowest BCUT2D eigenvalue weighted by Gasteiger charge is -2.06. The van der Waals surface area contributed by atoms with Gasteiger partial charge in [-0.25, -0.2) is 0 Å². The lowest BCUT2D eigenvalue weighted by atomic mass is 10.0. The molecule has 0 aliphatic carbocycles. The molecule has 1 atom stereocenters. The van der Waals surface area contributed by atoms with Gasteiger partial charge in [0.2, 0.25) is 0 Å². The van der Waals surface area contributed by atoms with Crippen molar-refractivity contribution in [2.75, 3.05) is 5.75 Å². The summed E-state index contributed by atoms with van der Waals surface area (Å²) in [6, 6.07) is 9.07. The Bertz CT molecular complexity index is 778. The number of hydrogen-bond donors (Lipinski definition) is 1. The maximum atomic E-state index is 12.0. The summed E-state index contributed by atoms with van der Waals surface area (Å²) in [6.45, 7) is 1.46. The number of thioether (sulfide) groups is 1. The summed E-state index contributed by atoms with van der Waals surface area (Å²) < 4.78 is 1.78. The quantitative estimate of drug-likeness (QED) is 0.640. The Hall–Kier alpha value is -2.17. The number of halogens is 1. The Morgan fingerprint density at radius 3 is 2.65 bits per heavy atom. The van der Waals surface area contributed by atoms with E-state index in [1.807, 2.05) is 18.2 Å². The van der Waals surface area contributed by atoms with Crippen molar-refractivity contribution < 1.29 is 4.79 Å². The molecular formula is C15H14ClN5OS. The largest absolute Gasteiger partial charge is 0.308 e. The number of ketones is 1. The van der Waals surface area contributed by atoms with E-state index < -0.39 is 5.92 Å². The number of benzene rings is 1. The summed E-state index contributed by atoms with van der Waals surface area (Å²) in [7, 11) is 1.81. The maximum absolute atomic E-state index is 12.0. The van der Waals surface area contributed by atoms with Gasteiger partial charge in [-0.15, -0.1) is 10.2 Å². The van der Waals surface area contributed by atoms with Gasteiger partial charge in [0.1, 0.15) is 5.92 Å². The van der Waals surface area contributed by atoms with Gasteiger partial charge in [0.25, 0.3) is 0 Å². The van der Waals surface area contributed by atoms with Crippen LogP contribution < -0.4 is 0 Å². The molecule has 6 nitrogen and oxygen atoms in total. The van der Waals surface area contributed by atoms with E-state index in [9.17, 15) is 4.79 Å². The third-order valence-corrected chi connectivity index (χ3v) is 4.46. The number of carbonyl (C=O) groups is 1. The minimum atomic E-state index is -0.994. The third-order valence-electron chi connectivity index (χ3n) is 3.16. The molecule has 8 heteroatoms. The average Bonchev–Trinajstić information content (AvgIpc) is 2.87. The zero-order valence-corrected chi connectivity index (χ0v) is 14.1. The summed E-state index contributed by atoms with van der Waals surface area (Å²) in [4.78, 5) is 12.0. The number of Topliss-reactive ketones (excluding diaryl/α,β-unsaturated/α-hetero) is 1. The standard InChI is InChI=1S/C15H14ClN5OS/c1-9(18)12(7-17)13(22)8-23-15-20-19-14(21(15)2)10-3-5-11(16)6-4-10/h3-6,12,18H,8H2,1-2H3. The Labute approximate surface area is 143 Å². The number of aromatic nitrogens is 3. The fraction of sp³-hybridized carbons (Fsp3) is 0.267. The van der Waals surface area contributed by atoms with E-state index in [4.69, 9.17) is 22.3 Å². The number of nitrogens with one attached hydrogen (secondary N) is 1. The molecule has 0 amide bonds. The molecule has 0 radical (unpaired) electrons. The topological polar surface area (TPSA) is 95.4 Å². The monoisotopic (exact) mass is 347 g/mol. The highest BCUT2D eigenvalue weighted by atomic mass is 35.5. The molecule has 0 spiro atoms. The van der Waals surface area contributed by atoms with Crippen LogP contribution in [0.1, 0.15) is 6.92 Å². The Morgan fingerprint density at radius 1 is 1.43 bits per heavy atom. The lowest BCUT2D eigenvalue weighted by Crippen LogP contribution is -2.21. The number of rotatable bonds is 6. The predicted molar refractivity (Wildman–Crippen MR) is 89.7 cm³/mol. The first-order chi connectivity index (χ1) is 10.9. The molecule has 1 N–H and O–H groups in total. The molecule has 0 aliphatic heterocycles. The molecule has 1 heterocycles. The first-order valence-electron chi connectivity index (χ1n) is 6.69. The first kappa shape index (κ1) is 17.2. The highest BCUT2D eigenvalue weighted by Crippen LogP contribution is 2.24. The van der Waals surface area contributed by atoms with Crippen LogP contribution >= 0.6 is 23.4 Å². The number of hydrogen-bond acceptors (Lipinski definition) is 6. The molecule has 0 aliphatic rings. The van der Waals surface area contributed by atoms with E-state index in [2.05, 4.69) is 10.2 Å². The Balaban J connectivity index is 2.11. The van der Waals surface area contributed by atoms with Crippen molar-refractivity contribution in [3.05, 3.63) is 29.3 Å². The minimum Gasteiger partial charge on any atom is -0.308 e. The van der Waals surface area contributed by atoms with Gasteiger partial charge in [-0.05, 0) is 31.2 Å². The molecule has 0 saturated heterocycles. The van der Waals surface area contributed by atoms with Crippen LogP contribution in [-0.2, 0) is 11.8 Å². The van der Waals surface area contributed by atoms with Crippen LogP contribution in [0.15, 0.2) is 29.4 Å². The van der Waals surface area contributed by atoms with Gasteiger partial charge < -0.3 is 9.98 Å². The van der Waals surface area contributed by atoms with Gasteiger partial charge in [-0.2, -0.15) is 5.26 Å². The molecule has 0 fully saturated rings. The lowest BCUT2D eigenvalue weighted by molar-refractivity contribution is -0.117. The molecule has 1 aromatic carbocycles. The van der Waals surface area contributed by atoms with Crippen molar-refractivity contribution in [1.29, 1.82) is 10.7 Å². The zero-order valence-electron chi connectivity index (χ0n) is 12.6.